The Hall–Kier alpha value is -1.98. The first kappa shape index (κ1) is 16.9. The van der Waals surface area contributed by atoms with Gasteiger partial charge in [0.25, 0.3) is 0 Å². The molecule has 124 valence electrons. The Kier molecular flexibility index (Phi) is 5.43. The topological polar surface area (TPSA) is 49.4 Å². The van der Waals surface area contributed by atoms with Crippen LogP contribution in [0.25, 0.3) is 0 Å². The zero-order chi connectivity index (χ0) is 16.9. The fourth-order valence-electron chi connectivity index (χ4n) is 2.38. The zero-order valence-electron chi connectivity index (χ0n) is 13.0. The predicted molar refractivity (Wildman–Crippen MR) is 99.7 cm³/mol. The smallest absolute Gasteiger partial charge is 0.234 e. The normalized spacial score (nSPS) is 13.5. The number of amides is 2. The maximum absolute atomic E-state index is 12.1. The lowest BCUT2D eigenvalue weighted by atomic mass is 10.1. The standard InChI is InChI=1S/C18H17ClN2O2S/c19-14-6-4-13(5-7-14)11-24-12-17(22)20-15-2-1-3-16(10-15)21-9-8-18(21)23/h1-7,10H,8-9,11-12H2,(H,20,22). The molecule has 2 aromatic carbocycles. The highest BCUT2D eigenvalue weighted by Crippen LogP contribution is 2.25. The van der Waals surface area contributed by atoms with Crippen LogP contribution >= 0.6 is 23.4 Å². The molecule has 1 aliphatic rings. The molecule has 0 aromatic heterocycles. The molecular formula is C18H17ClN2O2S. The second-order valence-corrected chi connectivity index (χ2v) is 6.94. The summed E-state index contributed by atoms with van der Waals surface area (Å²) in [6.07, 6.45) is 0.595. The summed E-state index contributed by atoms with van der Waals surface area (Å²) in [4.78, 5) is 25.3. The van der Waals surface area contributed by atoms with Crippen LogP contribution < -0.4 is 10.2 Å². The van der Waals surface area contributed by atoms with Gasteiger partial charge in [-0.25, -0.2) is 0 Å². The monoisotopic (exact) mass is 360 g/mol. The minimum atomic E-state index is -0.0546. The van der Waals surface area contributed by atoms with Crippen molar-refractivity contribution in [3.63, 3.8) is 0 Å². The van der Waals surface area contributed by atoms with Crippen molar-refractivity contribution in [2.45, 2.75) is 12.2 Å². The lowest BCUT2D eigenvalue weighted by Gasteiger charge is -2.30. The summed E-state index contributed by atoms with van der Waals surface area (Å²) in [5.41, 5.74) is 2.68. The molecule has 3 rings (SSSR count). The van der Waals surface area contributed by atoms with Gasteiger partial charge in [0.1, 0.15) is 0 Å². The molecular weight excluding hydrogens is 344 g/mol. The minimum absolute atomic E-state index is 0.0546. The Morgan fingerprint density at radius 1 is 1.21 bits per heavy atom. The summed E-state index contributed by atoms with van der Waals surface area (Å²) in [5.74, 6) is 1.20. The summed E-state index contributed by atoms with van der Waals surface area (Å²) < 4.78 is 0. The molecule has 4 nitrogen and oxygen atoms in total. The van der Waals surface area contributed by atoms with Crippen LogP contribution in [0.4, 0.5) is 11.4 Å². The first-order valence-corrected chi connectivity index (χ1v) is 9.17. The van der Waals surface area contributed by atoms with Gasteiger partial charge in [-0.3, -0.25) is 9.59 Å². The van der Waals surface area contributed by atoms with E-state index in [9.17, 15) is 9.59 Å². The maximum Gasteiger partial charge on any atom is 0.234 e. The molecule has 1 fully saturated rings. The van der Waals surface area contributed by atoms with Crippen LogP contribution in [0.2, 0.25) is 5.02 Å². The highest BCUT2D eigenvalue weighted by molar-refractivity contribution is 7.99. The zero-order valence-corrected chi connectivity index (χ0v) is 14.6. The number of β-lactam (4-membered cyclic amide) rings is 1. The van der Waals surface area contributed by atoms with Crippen molar-refractivity contribution >= 4 is 46.6 Å². The first-order chi connectivity index (χ1) is 11.6. The van der Waals surface area contributed by atoms with Crippen LogP contribution in [0.15, 0.2) is 48.5 Å². The molecule has 0 saturated carbocycles. The van der Waals surface area contributed by atoms with E-state index in [-0.39, 0.29) is 11.8 Å². The molecule has 0 aliphatic carbocycles. The van der Waals surface area contributed by atoms with Gasteiger partial charge in [0.15, 0.2) is 0 Å². The number of rotatable bonds is 6. The largest absolute Gasteiger partial charge is 0.325 e. The molecule has 0 atom stereocenters. The fourth-order valence-corrected chi connectivity index (χ4v) is 3.29. The number of nitrogens with one attached hydrogen (secondary N) is 1. The quantitative estimate of drug-likeness (QED) is 0.793. The number of thioether (sulfide) groups is 1. The molecule has 0 unspecified atom stereocenters. The van der Waals surface area contributed by atoms with E-state index in [0.29, 0.717) is 22.9 Å². The van der Waals surface area contributed by atoms with Crippen molar-refractivity contribution in [3.05, 3.63) is 59.1 Å². The second-order valence-electron chi connectivity index (χ2n) is 5.51. The summed E-state index contributed by atoms with van der Waals surface area (Å²) in [5, 5.41) is 3.59. The van der Waals surface area contributed by atoms with Gasteiger partial charge in [0.05, 0.1) is 5.75 Å². The third-order valence-electron chi connectivity index (χ3n) is 3.71. The molecule has 0 radical (unpaired) electrons. The highest BCUT2D eigenvalue weighted by Gasteiger charge is 2.25. The number of carbonyl (C=O) groups excluding carboxylic acids is 2. The Balaban J connectivity index is 1.49. The van der Waals surface area contributed by atoms with E-state index in [1.165, 1.54) is 0 Å². The average molecular weight is 361 g/mol. The number of anilines is 2. The summed E-state index contributed by atoms with van der Waals surface area (Å²) >= 11 is 7.40. The lowest BCUT2D eigenvalue weighted by Crippen LogP contribution is -2.43. The summed E-state index contributed by atoms with van der Waals surface area (Å²) in [7, 11) is 0. The van der Waals surface area contributed by atoms with E-state index < -0.39 is 0 Å². The third kappa shape index (κ3) is 4.30. The van der Waals surface area contributed by atoms with Crippen LogP contribution in [-0.4, -0.2) is 24.1 Å². The highest BCUT2D eigenvalue weighted by atomic mass is 35.5. The van der Waals surface area contributed by atoms with Gasteiger partial charge >= 0.3 is 0 Å². The molecule has 0 bridgehead atoms. The summed E-state index contributed by atoms with van der Waals surface area (Å²) in [6, 6.07) is 15.0. The Morgan fingerprint density at radius 3 is 2.67 bits per heavy atom. The van der Waals surface area contributed by atoms with E-state index in [2.05, 4.69) is 5.32 Å². The van der Waals surface area contributed by atoms with Gasteiger partial charge in [-0.15, -0.1) is 11.8 Å². The van der Waals surface area contributed by atoms with Crippen LogP contribution in [0.3, 0.4) is 0 Å². The number of nitrogens with zero attached hydrogens (tertiary/aromatic N) is 1. The van der Waals surface area contributed by atoms with Crippen LogP contribution in [0, 0.1) is 0 Å². The second kappa shape index (κ2) is 7.73. The van der Waals surface area contributed by atoms with Gasteiger partial charge in [-0.2, -0.15) is 0 Å². The number of hydrogen-bond donors (Lipinski definition) is 1. The van der Waals surface area contributed by atoms with Gasteiger partial charge in [-0.1, -0.05) is 29.8 Å². The summed E-state index contributed by atoms with van der Waals surface area (Å²) in [6.45, 7) is 0.743. The first-order valence-electron chi connectivity index (χ1n) is 7.64. The molecule has 1 N–H and O–H groups in total. The van der Waals surface area contributed by atoms with Gasteiger partial charge in [-0.05, 0) is 35.9 Å². The predicted octanol–water partition coefficient (Wildman–Crippen LogP) is 3.95. The van der Waals surface area contributed by atoms with Gasteiger partial charge in [0, 0.05) is 35.1 Å². The van der Waals surface area contributed by atoms with Gasteiger partial charge in [0.2, 0.25) is 11.8 Å². The molecule has 2 aromatic rings. The van der Waals surface area contributed by atoms with Crippen molar-refractivity contribution in [3.8, 4) is 0 Å². The van der Waals surface area contributed by atoms with E-state index in [4.69, 9.17) is 11.6 Å². The number of carbonyl (C=O) groups is 2. The Bertz CT molecular complexity index is 749. The Morgan fingerprint density at radius 2 is 2.00 bits per heavy atom. The van der Waals surface area contributed by atoms with Crippen LogP contribution in [0.1, 0.15) is 12.0 Å². The lowest BCUT2D eigenvalue weighted by molar-refractivity contribution is -0.122. The SMILES string of the molecule is O=C(CSCc1ccc(Cl)cc1)Nc1cccc(N2CCC2=O)c1. The van der Waals surface area contributed by atoms with Crippen molar-refractivity contribution in [1.82, 2.24) is 0 Å². The number of halogens is 1. The average Bonchev–Trinajstić information content (AvgIpc) is 2.55. The fraction of sp³-hybridized carbons (Fsp3) is 0.222. The molecule has 2 amide bonds. The molecule has 0 spiro atoms. The van der Waals surface area contributed by atoms with E-state index in [1.54, 1.807) is 16.7 Å². The molecule has 1 aliphatic heterocycles. The molecule has 1 saturated heterocycles. The van der Waals surface area contributed by atoms with Crippen molar-refractivity contribution in [1.29, 1.82) is 0 Å². The van der Waals surface area contributed by atoms with Crippen LogP contribution in [0.5, 0.6) is 0 Å². The maximum atomic E-state index is 12.1. The van der Waals surface area contributed by atoms with Crippen LogP contribution in [-0.2, 0) is 15.3 Å². The van der Waals surface area contributed by atoms with Crippen molar-refractivity contribution in [2.24, 2.45) is 0 Å². The van der Waals surface area contributed by atoms with E-state index >= 15 is 0 Å². The molecule has 24 heavy (non-hydrogen) atoms. The third-order valence-corrected chi connectivity index (χ3v) is 4.96. The Labute approximate surface area is 150 Å². The molecule has 6 heteroatoms. The van der Waals surface area contributed by atoms with E-state index in [1.807, 2.05) is 48.5 Å². The van der Waals surface area contributed by atoms with E-state index in [0.717, 1.165) is 23.5 Å². The molecule has 1 heterocycles. The minimum Gasteiger partial charge on any atom is -0.325 e. The van der Waals surface area contributed by atoms with Gasteiger partial charge < -0.3 is 10.2 Å². The van der Waals surface area contributed by atoms with Crippen molar-refractivity contribution in [2.75, 3.05) is 22.5 Å². The van der Waals surface area contributed by atoms with Crippen molar-refractivity contribution < 1.29 is 9.59 Å². The number of benzene rings is 2. The number of hydrogen-bond acceptors (Lipinski definition) is 3.